The number of rotatable bonds is 12. The van der Waals surface area contributed by atoms with Crippen LogP contribution in [0, 0.1) is 21.4 Å². The molecule has 2 saturated carbocycles. The van der Waals surface area contributed by atoms with Crippen LogP contribution in [0.1, 0.15) is 118 Å². The fourth-order valence-electron chi connectivity index (χ4n) is 11.8. The number of nitrogens with zero attached hydrogens (tertiary/aromatic N) is 4. The number of carbonyl (C=O) groups excluding carboxylic acids is 1. The summed E-state index contributed by atoms with van der Waals surface area (Å²) in [4.78, 5) is 37.6. The monoisotopic (exact) mass is 995 g/mol. The van der Waals surface area contributed by atoms with Crippen molar-refractivity contribution in [2.45, 2.75) is 125 Å². The fraction of sp³-hybridized carbons (Fsp3) is 0.490. The lowest BCUT2D eigenvalue weighted by Gasteiger charge is -2.56. The van der Waals surface area contributed by atoms with Gasteiger partial charge in [0, 0.05) is 66.9 Å². The van der Waals surface area contributed by atoms with Crippen LogP contribution in [0.25, 0.3) is 11.0 Å². The van der Waals surface area contributed by atoms with E-state index in [4.69, 9.17) is 9.47 Å². The standard InChI is InChI=1S/C51H61N7O10S2/c1-31(2)37-8-5-6-9-38(37)41-10-7-21-57(41)35-28-51(29-35)18-22-56(23-19-51)34-11-12-39(43(25-34)68-45-24-33-15-20-52-47(33)54-49(45)69(4,63)64)48(59)55-70(65,66)36-26-42(58(61)62)46-44(27-36)67-30-40(53-46)32-13-16-50(3,60)17-14-32/h5-6,8-9,11-12,15,20,24-27,31-32,35,40-41,53,60H,7,10,13-14,16-19,21-23,28-30H2,1-4H3,(H,52,54)(H,55,59)/t32-,40-,41-,50-/m1/s1. The van der Waals surface area contributed by atoms with Gasteiger partial charge < -0.3 is 29.8 Å². The minimum Gasteiger partial charge on any atom is -0.489 e. The van der Waals surface area contributed by atoms with Crippen LogP contribution in [0.2, 0.25) is 0 Å². The largest absolute Gasteiger partial charge is 0.489 e. The van der Waals surface area contributed by atoms with Crippen molar-refractivity contribution in [3.05, 3.63) is 99.7 Å². The van der Waals surface area contributed by atoms with Crippen LogP contribution in [0.5, 0.6) is 17.2 Å². The van der Waals surface area contributed by atoms with E-state index in [1.54, 1.807) is 31.3 Å². The predicted octanol–water partition coefficient (Wildman–Crippen LogP) is 8.61. The number of pyridine rings is 1. The number of hydrogen-bond donors (Lipinski definition) is 4. The number of ether oxygens (including phenoxy) is 2. The van der Waals surface area contributed by atoms with Gasteiger partial charge in [-0.1, -0.05) is 38.1 Å². The van der Waals surface area contributed by atoms with E-state index in [0.29, 0.717) is 60.4 Å². The van der Waals surface area contributed by atoms with E-state index in [1.807, 2.05) is 0 Å². The van der Waals surface area contributed by atoms with Gasteiger partial charge in [0.2, 0.25) is 0 Å². The summed E-state index contributed by atoms with van der Waals surface area (Å²) in [5.74, 6) is -0.909. The Morgan fingerprint density at radius 2 is 1.71 bits per heavy atom. The topological polar surface area (TPSA) is 226 Å². The van der Waals surface area contributed by atoms with Crippen LogP contribution in [-0.2, 0) is 19.9 Å². The van der Waals surface area contributed by atoms with Crippen molar-refractivity contribution < 1.29 is 41.1 Å². The van der Waals surface area contributed by atoms with Crippen LogP contribution in [0.4, 0.5) is 17.1 Å². The number of aliphatic hydroxyl groups is 1. The SMILES string of the molecule is CC(C)c1ccccc1[C@H]1CCCN1C1CC2(CCN(c3ccc(C(=O)NS(=O)(=O)c4cc5c(c([N+](=O)[O-])c4)N[C@@H]([C@H]4CC[C@](C)(O)CC4)CO5)c(Oc4cc5cc[nH]c5nc4S(C)(=O)=O)c3)CC2)C1. The fourth-order valence-corrected chi connectivity index (χ4v) is 13.5. The third-order valence-electron chi connectivity index (χ3n) is 15.7. The molecule has 372 valence electrons. The molecule has 3 aliphatic heterocycles. The molecule has 4 fully saturated rings. The van der Waals surface area contributed by atoms with Crippen LogP contribution in [0.3, 0.4) is 0 Å². The number of aromatic amines is 1. The zero-order chi connectivity index (χ0) is 49.3. The zero-order valence-electron chi connectivity index (χ0n) is 39.9. The Morgan fingerprint density at radius 3 is 2.43 bits per heavy atom. The second-order valence-electron chi connectivity index (χ2n) is 20.9. The molecule has 0 bridgehead atoms. The highest BCUT2D eigenvalue weighted by molar-refractivity contribution is 7.90. The smallest absolute Gasteiger partial charge is 0.297 e. The molecule has 2 aliphatic carbocycles. The van der Waals surface area contributed by atoms with Gasteiger partial charge >= 0.3 is 0 Å². The number of sulfonamides is 1. The second kappa shape index (κ2) is 18.1. The quantitative estimate of drug-likeness (QED) is 0.0678. The zero-order valence-corrected chi connectivity index (χ0v) is 41.6. The van der Waals surface area contributed by atoms with Gasteiger partial charge in [-0.25, -0.2) is 26.5 Å². The molecule has 10 rings (SSSR count). The summed E-state index contributed by atoms with van der Waals surface area (Å²) >= 11 is 0. The second-order valence-corrected chi connectivity index (χ2v) is 24.5. The first-order chi connectivity index (χ1) is 33.3. The number of piperidine rings is 1. The first-order valence-electron chi connectivity index (χ1n) is 24.4. The summed E-state index contributed by atoms with van der Waals surface area (Å²) in [5, 5.41) is 26.3. The number of nitro benzene ring substituents is 1. The summed E-state index contributed by atoms with van der Waals surface area (Å²) in [6.07, 6.45) is 11.7. The molecular formula is C51H61N7O10S2. The molecular weight excluding hydrogens is 935 g/mol. The highest BCUT2D eigenvalue weighted by Gasteiger charge is 2.50. The predicted molar refractivity (Wildman–Crippen MR) is 265 cm³/mol. The molecule has 2 aromatic heterocycles. The Hall–Kier alpha value is -5.76. The molecule has 5 aromatic rings. The number of H-pyrrole nitrogens is 1. The van der Waals surface area contributed by atoms with Gasteiger partial charge in [0.1, 0.15) is 18.0 Å². The van der Waals surface area contributed by atoms with E-state index in [2.05, 4.69) is 67.9 Å². The number of amides is 1. The van der Waals surface area contributed by atoms with Crippen LogP contribution >= 0.6 is 0 Å². The maximum absolute atomic E-state index is 14.3. The minimum absolute atomic E-state index is 0.0362. The molecule has 0 unspecified atom stereocenters. The summed E-state index contributed by atoms with van der Waals surface area (Å²) in [6, 6.07) is 19.5. The van der Waals surface area contributed by atoms with E-state index in [1.165, 1.54) is 36.1 Å². The van der Waals surface area contributed by atoms with Gasteiger partial charge in [0.05, 0.1) is 27.0 Å². The van der Waals surface area contributed by atoms with E-state index in [-0.39, 0.29) is 57.5 Å². The number of nitro groups is 1. The summed E-state index contributed by atoms with van der Waals surface area (Å²) in [7, 11) is -8.76. The third-order valence-corrected chi connectivity index (χ3v) is 18.0. The van der Waals surface area contributed by atoms with E-state index >= 15 is 0 Å². The van der Waals surface area contributed by atoms with Gasteiger partial charge in [0.25, 0.3) is 21.6 Å². The van der Waals surface area contributed by atoms with Crippen molar-refractivity contribution in [2.24, 2.45) is 11.3 Å². The molecule has 4 N–H and O–H groups in total. The first kappa shape index (κ1) is 47.9. The molecule has 70 heavy (non-hydrogen) atoms. The molecule has 19 heteroatoms. The number of carbonyl (C=O) groups is 1. The van der Waals surface area contributed by atoms with Crippen LogP contribution in [0.15, 0.2) is 82.8 Å². The Balaban J connectivity index is 0.895. The van der Waals surface area contributed by atoms with Crippen molar-refractivity contribution in [2.75, 3.05) is 42.7 Å². The molecule has 0 radical (unpaired) electrons. The van der Waals surface area contributed by atoms with Crippen molar-refractivity contribution in [3.8, 4) is 17.2 Å². The maximum atomic E-state index is 14.3. The molecule has 1 spiro atoms. The number of aromatic nitrogens is 2. The number of fused-ring (bicyclic) bond motifs is 2. The van der Waals surface area contributed by atoms with E-state index in [0.717, 1.165) is 63.7 Å². The number of sulfone groups is 1. The molecule has 2 atom stereocenters. The lowest BCUT2D eigenvalue weighted by Crippen LogP contribution is -2.54. The number of benzene rings is 3. The first-order valence-corrected chi connectivity index (χ1v) is 27.7. The van der Waals surface area contributed by atoms with Gasteiger partial charge in [-0.2, -0.15) is 0 Å². The Labute approximate surface area is 408 Å². The van der Waals surface area contributed by atoms with Gasteiger partial charge in [-0.15, -0.1) is 0 Å². The summed E-state index contributed by atoms with van der Waals surface area (Å²) < 4.78 is 68.8. The molecule has 1 amide bonds. The molecule has 5 aliphatic rings. The van der Waals surface area contributed by atoms with Crippen molar-refractivity contribution in [3.63, 3.8) is 0 Å². The highest BCUT2D eigenvalue weighted by atomic mass is 32.2. The molecule has 3 aromatic carbocycles. The average molecular weight is 996 g/mol. The number of likely N-dealkylation sites (tertiary alicyclic amines) is 1. The maximum Gasteiger partial charge on any atom is 0.297 e. The molecule has 2 saturated heterocycles. The van der Waals surface area contributed by atoms with Crippen molar-refractivity contribution >= 4 is 53.9 Å². The number of hydrogen-bond acceptors (Lipinski definition) is 14. The Bertz CT molecular complexity index is 3080. The molecule has 5 heterocycles. The van der Waals surface area contributed by atoms with Gasteiger partial charge in [-0.3, -0.25) is 19.8 Å². The minimum atomic E-state index is -4.78. The number of nitrogens with one attached hydrogen (secondary N) is 3. The van der Waals surface area contributed by atoms with Crippen molar-refractivity contribution in [1.82, 2.24) is 19.6 Å². The van der Waals surface area contributed by atoms with E-state index in [9.17, 15) is 36.9 Å². The lowest BCUT2D eigenvalue weighted by atomic mass is 9.59. The lowest BCUT2D eigenvalue weighted by molar-refractivity contribution is -0.384. The van der Waals surface area contributed by atoms with Crippen molar-refractivity contribution in [1.29, 1.82) is 0 Å². The van der Waals surface area contributed by atoms with Crippen LogP contribution in [-0.4, -0.2) is 97.8 Å². The summed E-state index contributed by atoms with van der Waals surface area (Å²) in [5.41, 5.74) is 2.61. The Morgan fingerprint density at radius 1 is 0.971 bits per heavy atom. The third kappa shape index (κ3) is 9.32. The normalized spacial score (nSPS) is 23.9. The number of anilines is 2. The van der Waals surface area contributed by atoms with Gasteiger partial charge in [0.15, 0.2) is 32.0 Å². The summed E-state index contributed by atoms with van der Waals surface area (Å²) in [6.45, 7) is 9.00. The highest BCUT2D eigenvalue weighted by Crippen LogP contribution is 2.54. The van der Waals surface area contributed by atoms with E-state index < -0.39 is 46.9 Å². The molecule has 17 nitrogen and oxygen atoms in total. The Kier molecular flexibility index (Phi) is 12.4. The van der Waals surface area contributed by atoms with Gasteiger partial charge in [-0.05, 0) is 130 Å². The average Bonchev–Trinajstić information content (AvgIpc) is 3.99. The van der Waals surface area contributed by atoms with Crippen LogP contribution < -0.4 is 24.4 Å².